The van der Waals surface area contributed by atoms with Gasteiger partial charge < -0.3 is 22.1 Å². The second-order valence-electron chi connectivity index (χ2n) is 7.81. The fraction of sp³-hybridized carbons (Fsp3) is 0.409. The highest BCUT2D eigenvalue weighted by atomic mass is 19.1. The van der Waals surface area contributed by atoms with Crippen LogP contribution in [0.5, 0.6) is 0 Å². The molecule has 0 unspecified atom stereocenters. The number of hydrogen-bond donors (Lipinski definition) is 3. The van der Waals surface area contributed by atoms with Crippen LogP contribution in [-0.4, -0.2) is 47.9 Å². The Morgan fingerprint density at radius 1 is 1.23 bits per heavy atom. The summed E-state index contributed by atoms with van der Waals surface area (Å²) >= 11 is 0. The fourth-order valence-electron chi connectivity index (χ4n) is 4.29. The molecular weight excluding hydrogens is 385 g/mol. The minimum absolute atomic E-state index is 0.00686. The van der Waals surface area contributed by atoms with Crippen LogP contribution in [0.2, 0.25) is 0 Å². The molecule has 1 aliphatic heterocycles. The largest absolute Gasteiger partial charge is 0.401 e. The Kier molecular flexibility index (Phi) is 6.54. The van der Waals surface area contributed by atoms with E-state index in [4.69, 9.17) is 17.2 Å². The van der Waals surface area contributed by atoms with E-state index in [-0.39, 0.29) is 42.7 Å². The van der Waals surface area contributed by atoms with Crippen molar-refractivity contribution in [3.63, 3.8) is 0 Å². The number of carbonyl (C=O) groups is 2. The number of fused-ring (bicyclic) bond motifs is 1. The van der Waals surface area contributed by atoms with Gasteiger partial charge in [0, 0.05) is 18.0 Å². The number of amidine groups is 1. The van der Waals surface area contributed by atoms with Gasteiger partial charge in [0.25, 0.3) is 5.91 Å². The number of benzene rings is 1. The summed E-state index contributed by atoms with van der Waals surface area (Å²) in [5.41, 5.74) is 20.8. The Bertz CT molecular complexity index is 911. The molecule has 1 aromatic rings. The number of amides is 2. The zero-order chi connectivity index (χ0) is 21.8. The van der Waals surface area contributed by atoms with E-state index in [9.17, 15) is 14.0 Å². The minimum Gasteiger partial charge on any atom is -0.401 e. The van der Waals surface area contributed by atoms with E-state index in [0.717, 1.165) is 18.9 Å². The van der Waals surface area contributed by atoms with Crippen molar-refractivity contribution >= 4 is 17.6 Å². The molecule has 3 rings (SSSR count). The third-order valence-corrected chi connectivity index (χ3v) is 5.87. The van der Waals surface area contributed by atoms with Gasteiger partial charge in [0.05, 0.1) is 24.7 Å². The predicted molar refractivity (Wildman–Crippen MR) is 114 cm³/mol. The van der Waals surface area contributed by atoms with E-state index in [1.165, 1.54) is 16.0 Å². The van der Waals surface area contributed by atoms with Crippen molar-refractivity contribution in [2.24, 2.45) is 28.1 Å². The first kappa shape index (κ1) is 21.5. The molecule has 1 aromatic carbocycles. The fourth-order valence-corrected chi connectivity index (χ4v) is 4.29. The van der Waals surface area contributed by atoms with Crippen LogP contribution in [0, 0.1) is 5.92 Å². The van der Waals surface area contributed by atoms with Crippen LogP contribution in [0.25, 0.3) is 0 Å². The first-order chi connectivity index (χ1) is 14.3. The van der Waals surface area contributed by atoms with Crippen LogP contribution in [0.1, 0.15) is 24.0 Å². The van der Waals surface area contributed by atoms with Gasteiger partial charge in [-0.05, 0) is 36.5 Å². The van der Waals surface area contributed by atoms with Crippen LogP contribution in [0.4, 0.5) is 4.39 Å². The maximum atomic E-state index is 13.8. The topological polar surface area (TPSA) is 128 Å². The number of aliphatic imine (C=N–C) groups is 1. The van der Waals surface area contributed by atoms with Gasteiger partial charge in [0.2, 0.25) is 5.91 Å². The third kappa shape index (κ3) is 4.53. The normalized spacial score (nSPS) is 24.8. The van der Waals surface area contributed by atoms with Crippen molar-refractivity contribution < 1.29 is 14.0 Å². The highest BCUT2D eigenvalue weighted by molar-refractivity contribution is 6.20. The summed E-state index contributed by atoms with van der Waals surface area (Å²) in [4.78, 5) is 29.7. The van der Waals surface area contributed by atoms with Gasteiger partial charge in [-0.1, -0.05) is 30.8 Å². The molecule has 1 heterocycles. The molecule has 0 radical (unpaired) electrons. The van der Waals surface area contributed by atoms with Gasteiger partial charge >= 0.3 is 0 Å². The summed E-state index contributed by atoms with van der Waals surface area (Å²) in [6, 6.07) is 7.66. The average molecular weight is 413 g/mol. The van der Waals surface area contributed by atoms with E-state index >= 15 is 0 Å². The Morgan fingerprint density at radius 2 is 1.93 bits per heavy atom. The lowest BCUT2D eigenvalue weighted by molar-refractivity contribution is -0.126. The number of allylic oxidation sites excluding steroid dienone is 1. The molecule has 0 saturated carbocycles. The van der Waals surface area contributed by atoms with Crippen molar-refractivity contribution in [1.29, 1.82) is 0 Å². The number of primary amides is 1. The van der Waals surface area contributed by atoms with Crippen LogP contribution in [0.15, 0.2) is 53.2 Å². The zero-order valence-corrected chi connectivity index (χ0v) is 16.9. The molecule has 1 aliphatic carbocycles. The number of aryl methyl sites for hydroxylation is 1. The molecule has 8 heteroatoms. The van der Waals surface area contributed by atoms with Crippen molar-refractivity contribution in [2.45, 2.75) is 37.9 Å². The van der Waals surface area contributed by atoms with Gasteiger partial charge in [-0.3, -0.25) is 14.6 Å². The van der Waals surface area contributed by atoms with Crippen molar-refractivity contribution in [2.75, 3.05) is 13.1 Å². The standard InChI is InChI=1S/C22H28FN5O2/c1-2-18(29)28-12-16(23)10-17(28)11-27-21(25)19(22(26)30)20(24)15-8-7-13-5-3-4-6-14(13)9-15/h2-6,15-17H,1,7-12,24H2,(H2,25,27)(H2,26,30)/t15-,16-,17+/m1/s1. The van der Waals surface area contributed by atoms with Crippen LogP contribution in [-0.2, 0) is 22.4 Å². The molecule has 3 atom stereocenters. The van der Waals surface area contributed by atoms with E-state index in [1.54, 1.807) is 0 Å². The SMILES string of the molecule is C=CC(=O)N1C[C@H](F)C[C@H]1CN=C(N)C(C(N)=O)=C(N)[C@@H]1CCc2ccccc2C1. The monoisotopic (exact) mass is 413 g/mol. The number of nitrogens with zero attached hydrogens (tertiary/aromatic N) is 2. The summed E-state index contributed by atoms with van der Waals surface area (Å²) < 4.78 is 13.8. The first-order valence-corrected chi connectivity index (χ1v) is 10.0. The molecule has 0 aromatic heterocycles. The van der Waals surface area contributed by atoms with Gasteiger partial charge in [-0.25, -0.2) is 4.39 Å². The molecule has 1 fully saturated rings. The quantitative estimate of drug-likeness (QED) is 0.365. The minimum atomic E-state index is -1.13. The lowest BCUT2D eigenvalue weighted by Crippen LogP contribution is -2.38. The second-order valence-corrected chi connectivity index (χ2v) is 7.81. The van der Waals surface area contributed by atoms with Crippen molar-refractivity contribution in [3.8, 4) is 0 Å². The van der Waals surface area contributed by atoms with Gasteiger partial charge in [-0.15, -0.1) is 0 Å². The molecule has 7 nitrogen and oxygen atoms in total. The number of halogens is 1. The molecule has 0 spiro atoms. The molecule has 2 amide bonds. The molecule has 160 valence electrons. The Morgan fingerprint density at radius 3 is 2.60 bits per heavy atom. The van der Waals surface area contributed by atoms with Crippen molar-refractivity contribution in [1.82, 2.24) is 4.90 Å². The van der Waals surface area contributed by atoms with Crippen molar-refractivity contribution in [3.05, 3.63) is 59.3 Å². The summed E-state index contributed by atoms with van der Waals surface area (Å²) in [6.07, 6.45) is 2.49. The molecule has 2 aliphatic rings. The summed E-state index contributed by atoms with van der Waals surface area (Å²) in [6.45, 7) is 3.50. The maximum absolute atomic E-state index is 13.8. The molecule has 1 saturated heterocycles. The number of nitrogens with two attached hydrogens (primary N) is 3. The average Bonchev–Trinajstić information content (AvgIpc) is 3.11. The second kappa shape index (κ2) is 9.11. The molecule has 30 heavy (non-hydrogen) atoms. The van der Waals surface area contributed by atoms with Crippen LogP contribution >= 0.6 is 0 Å². The maximum Gasteiger partial charge on any atom is 0.254 e. The van der Waals surface area contributed by atoms with Gasteiger partial charge in [0.15, 0.2) is 0 Å². The number of hydrogen-bond acceptors (Lipinski definition) is 4. The smallest absolute Gasteiger partial charge is 0.254 e. The van der Waals surface area contributed by atoms with Gasteiger partial charge in [0.1, 0.15) is 12.0 Å². The highest BCUT2D eigenvalue weighted by Gasteiger charge is 2.34. The number of carbonyl (C=O) groups excluding carboxylic acids is 2. The summed E-state index contributed by atoms with van der Waals surface area (Å²) in [7, 11) is 0. The Balaban J connectivity index is 1.80. The van der Waals surface area contributed by atoms with Crippen LogP contribution in [0.3, 0.4) is 0 Å². The third-order valence-electron chi connectivity index (χ3n) is 5.87. The number of alkyl halides is 1. The molecular formula is C22H28FN5O2. The Labute approximate surface area is 175 Å². The summed E-state index contributed by atoms with van der Waals surface area (Å²) in [5.74, 6) is -1.26. The Hall–Kier alpha value is -3.16. The molecule has 0 bridgehead atoms. The summed E-state index contributed by atoms with van der Waals surface area (Å²) in [5, 5.41) is 0. The van der Waals surface area contributed by atoms with E-state index in [1.807, 2.05) is 12.1 Å². The number of likely N-dealkylation sites (tertiary alicyclic amines) is 1. The predicted octanol–water partition coefficient (Wildman–Crippen LogP) is 0.972. The first-order valence-electron chi connectivity index (χ1n) is 10.0. The van der Waals surface area contributed by atoms with E-state index < -0.39 is 18.1 Å². The van der Waals surface area contributed by atoms with E-state index in [0.29, 0.717) is 12.1 Å². The van der Waals surface area contributed by atoms with Gasteiger partial charge in [-0.2, -0.15) is 0 Å². The van der Waals surface area contributed by atoms with Crippen LogP contribution < -0.4 is 17.2 Å². The number of rotatable bonds is 6. The lowest BCUT2D eigenvalue weighted by Gasteiger charge is -2.26. The van der Waals surface area contributed by atoms with E-state index in [2.05, 4.69) is 23.7 Å². The highest BCUT2D eigenvalue weighted by Crippen LogP contribution is 2.29. The molecule has 6 N–H and O–H groups in total. The zero-order valence-electron chi connectivity index (χ0n) is 16.9. The lowest BCUT2D eigenvalue weighted by atomic mass is 9.81.